The second-order valence-corrected chi connectivity index (χ2v) is 4.85. The molecule has 0 aliphatic carbocycles. The number of nitrogens with one attached hydrogen (secondary N) is 1. The second-order valence-electron chi connectivity index (χ2n) is 4.85. The highest BCUT2D eigenvalue weighted by Gasteiger charge is 2.20. The SMILES string of the molecule is c1ccc2c(c1)OCCC2CNCCn1cccn1. The first-order valence-electron chi connectivity index (χ1n) is 6.83. The van der Waals surface area contributed by atoms with Crippen molar-refractivity contribution in [2.75, 3.05) is 19.7 Å². The van der Waals surface area contributed by atoms with Gasteiger partial charge in [0.15, 0.2) is 0 Å². The third-order valence-electron chi connectivity index (χ3n) is 3.55. The summed E-state index contributed by atoms with van der Waals surface area (Å²) in [5, 5.41) is 7.71. The predicted octanol–water partition coefficient (Wildman–Crippen LogP) is 2.04. The van der Waals surface area contributed by atoms with Crippen molar-refractivity contribution in [3.63, 3.8) is 0 Å². The monoisotopic (exact) mass is 257 g/mol. The van der Waals surface area contributed by atoms with E-state index in [2.05, 4.69) is 28.6 Å². The highest BCUT2D eigenvalue weighted by molar-refractivity contribution is 5.37. The zero-order chi connectivity index (χ0) is 12.9. The summed E-state index contributed by atoms with van der Waals surface area (Å²) in [6.45, 7) is 3.68. The molecule has 0 radical (unpaired) electrons. The maximum atomic E-state index is 5.68. The highest BCUT2D eigenvalue weighted by atomic mass is 16.5. The van der Waals surface area contributed by atoms with Crippen LogP contribution in [0, 0.1) is 0 Å². The first-order valence-corrected chi connectivity index (χ1v) is 6.83. The van der Waals surface area contributed by atoms with Gasteiger partial charge in [-0.1, -0.05) is 18.2 Å². The van der Waals surface area contributed by atoms with E-state index in [1.165, 1.54) is 5.56 Å². The number of ether oxygens (including phenoxy) is 1. The van der Waals surface area contributed by atoms with Gasteiger partial charge in [0.25, 0.3) is 0 Å². The van der Waals surface area contributed by atoms with E-state index >= 15 is 0 Å². The summed E-state index contributed by atoms with van der Waals surface area (Å²) in [4.78, 5) is 0. The molecule has 1 aliphatic heterocycles. The quantitative estimate of drug-likeness (QED) is 0.833. The predicted molar refractivity (Wildman–Crippen MR) is 74.4 cm³/mol. The summed E-state index contributed by atoms with van der Waals surface area (Å²) >= 11 is 0. The van der Waals surface area contributed by atoms with Crippen LogP contribution in [-0.4, -0.2) is 29.5 Å². The molecule has 1 atom stereocenters. The van der Waals surface area contributed by atoms with Gasteiger partial charge in [-0.25, -0.2) is 0 Å². The van der Waals surface area contributed by atoms with E-state index < -0.39 is 0 Å². The molecule has 0 saturated carbocycles. The summed E-state index contributed by atoms with van der Waals surface area (Å²) in [7, 11) is 0. The number of para-hydroxylation sites is 1. The molecule has 2 aromatic rings. The number of rotatable bonds is 5. The third-order valence-corrected chi connectivity index (χ3v) is 3.55. The lowest BCUT2D eigenvalue weighted by atomic mass is 9.93. The average Bonchev–Trinajstić information content (AvgIpc) is 2.97. The van der Waals surface area contributed by atoms with Crippen LogP contribution in [0.4, 0.5) is 0 Å². The minimum absolute atomic E-state index is 0.558. The van der Waals surface area contributed by atoms with Crippen LogP contribution in [0.1, 0.15) is 17.9 Å². The Morgan fingerprint density at radius 2 is 2.26 bits per heavy atom. The van der Waals surface area contributed by atoms with Crippen LogP contribution in [0.3, 0.4) is 0 Å². The molecular formula is C15H19N3O. The number of hydrogen-bond acceptors (Lipinski definition) is 3. The lowest BCUT2D eigenvalue weighted by Crippen LogP contribution is -2.28. The summed E-state index contributed by atoms with van der Waals surface area (Å²) in [5.74, 6) is 1.61. The van der Waals surface area contributed by atoms with Crippen molar-refractivity contribution >= 4 is 0 Å². The Morgan fingerprint density at radius 1 is 1.32 bits per heavy atom. The van der Waals surface area contributed by atoms with Crippen molar-refractivity contribution in [3.05, 3.63) is 48.3 Å². The van der Waals surface area contributed by atoms with Crippen LogP contribution in [0.15, 0.2) is 42.7 Å². The van der Waals surface area contributed by atoms with Crippen LogP contribution in [-0.2, 0) is 6.54 Å². The Kier molecular flexibility index (Phi) is 3.79. The minimum Gasteiger partial charge on any atom is -0.493 e. The Bertz CT molecular complexity index is 510. The summed E-state index contributed by atoms with van der Waals surface area (Å²) < 4.78 is 7.63. The van der Waals surface area contributed by atoms with Gasteiger partial charge in [-0.3, -0.25) is 4.68 Å². The maximum Gasteiger partial charge on any atom is 0.122 e. The first kappa shape index (κ1) is 12.2. The normalized spacial score (nSPS) is 17.8. The van der Waals surface area contributed by atoms with Crippen molar-refractivity contribution in [1.29, 1.82) is 0 Å². The lowest BCUT2D eigenvalue weighted by Gasteiger charge is -2.26. The van der Waals surface area contributed by atoms with Gasteiger partial charge in [0, 0.05) is 31.4 Å². The molecule has 1 aliphatic rings. The highest BCUT2D eigenvalue weighted by Crippen LogP contribution is 2.32. The van der Waals surface area contributed by atoms with E-state index in [1.807, 2.05) is 29.2 Å². The molecule has 1 aromatic heterocycles. The van der Waals surface area contributed by atoms with Crippen molar-refractivity contribution in [1.82, 2.24) is 15.1 Å². The van der Waals surface area contributed by atoms with Crippen LogP contribution >= 0.6 is 0 Å². The molecule has 0 spiro atoms. The Morgan fingerprint density at radius 3 is 3.16 bits per heavy atom. The van der Waals surface area contributed by atoms with Gasteiger partial charge in [-0.15, -0.1) is 0 Å². The molecule has 2 heterocycles. The molecule has 4 heteroatoms. The second kappa shape index (κ2) is 5.89. The summed E-state index contributed by atoms with van der Waals surface area (Å²) in [6, 6.07) is 10.3. The molecule has 19 heavy (non-hydrogen) atoms. The van der Waals surface area contributed by atoms with Crippen molar-refractivity contribution in [2.45, 2.75) is 18.9 Å². The lowest BCUT2D eigenvalue weighted by molar-refractivity contribution is 0.264. The van der Waals surface area contributed by atoms with Gasteiger partial charge < -0.3 is 10.1 Å². The molecule has 1 unspecified atom stereocenters. The van der Waals surface area contributed by atoms with Crippen LogP contribution in [0.25, 0.3) is 0 Å². The molecular weight excluding hydrogens is 238 g/mol. The largest absolute Gasteiger partial charge is 0.493 e. The fourth-order valence-corrected chi connectivity index (χ4v) is 2.53. The van der Waals surface area contributed by atoms with Crippen LogP contribution < -0.4 is 10.1 Å². The number of hydrogen-bond donors (Lipinski definition) is 1. The molecule has 0 fully saturated rings. The molecule has 4 nitrogen and oxygen atoms in total. The van der Waals surface area contributed by atoms with Crippen molar-refractivity contribution < 1.29 is 4.74 Å². The molecule has 0 bridgehead atoms. The Balaban J connectivity index is 1.51. The fraction of sp³-hybridized carbons (Fsp3) is 0.400. The van der Waals surface area contributed by atoms with Gasteiger partial charge in [0.05, 0.1) is 13.2 Å². The number of fused-ring (bicyclic) bond motifs is 1. The van der Waals surface area contributed by atoms with Gasteiger partial charge in [-0.05, 0) is 24.1 Å². The van der Waals surface area contributed by atoms with Gasteiger partial charge >= 0.3 is 0 Å². The van der Waals surface area contributed by atoms with E-state index in [9.17, 15) is 0 Å². The van der Waals surface area contributed by atoms with E-state index in [4.69, 9.17) is 4.74 Å². The number of nitrogens with zero attached hydrogens (tertiary/aromatic N) is 2. The maximum absolute atomic E-state index is 5.68. The van der Waals surface area contributed by atoms with Crippen LogP contribution in [0.5, 0.6) is 5.75 Å². The zero-order valence-corrected chi connectivity index (χ0v) is 11.0. The molecule has 3 rings (SSSR count). The average molecular weight is 257 g/mol. The van der Waals surface area contributed by atoms with Crippen molar-refractivity contribution in [3.8, 4) is 5.75 Å². The zero-order valence-electron chi connectivity index (χ0n) is 11.0. The van der Waals surface area contributed by atoms with Gasteiger partial charge in [0.1, 0.15) is 5.75 Å². The van der Waals surface area contributed by atoms with E-state index in [0.717, 1.165) is 38.4 Å². The smallest absolute Gasteiger partial charge is 0.122 e. The molecule has 1 N–H and O–H groups in total. The Labute approximate surface area is 113 Å². The van der Waals surface area contributed by atoms with Crippen molar-refractivity contribution in [2.24, 2.45) is 0 Å². The molecule has 0 amide bonds. The fourth-order valence-electron chi connectivity index (χ4n) is 2.53. The molecule has 1 aromatic carbocycles. The first-order chi connectivity index (χ1) is 9.43. The number of aromatic nitrogens is 2. The van der Waals surface area contributed by atoms with E-state index in [1.54, 1.807) is 0 Å². The summed E-state index contributed by atoms with van der Waals surface area (Å²) in [5.41, 5.74) is 1.33. The van der Waals surface area contributed by atoms with E-state index in [-0.39, 0.29) is 0 Å². The molecule has 0 saturated heterocycles. The summed E-state index contributed by atoms with van der Waals surface area (Å²) in [6.07, 6.45) is 4.89. The standard InChI is InChI=1S/C15H19N3O/c1-2-5-15-14(4-1)13(6-11-19-15)12-16-8-10-18-9-3-7-17-18/h1-5,7,9,13,16H,6,8,10-12H2. The van der Waals surface area contributed by atoms with Gasteiger partial charge in [0.2, 0.25) is 0 Å². The third kappa shape index (κ3) is 2.96. The number of benzene rings is 1. The topological polar surface area (TPSA) is 39.1 Å². The van der Waals surface area contributed by atoms with Crippen LogP contribution in [0.2, 0.25) is 0 Å². The minimum atomic E-state index is 0.558. The Hall–Kier alpha value is -1.81. The van der Waals surface area contributed by atoms with Gasteiger partial charge in [-0.2, -0.15) is 5.10 Å². The molecule has 100 valence electrons. The van der Waals surface area contributed by atoms with E-state index in [0.29, 0.717) is 5.92 Å².